The van der Waals surface area contributed by atoms with Crippen LogP contribution in [0.4, 0.5) is 11.4 Å². The average Bonchev–Trinajstić information content (AvgIpc) is 2.81. The van der Waals surface area contributed by atoms with Crippen LogP contribution in [0.2, 0.25) is 0 Å². The molecule has 4 bridgehead atoms. The first-order valence-electron chi connectivity index (χ1n) is 11.7. The number of aliphatic hydroxyl groups is 1. The highest BCUT2D eigenvalue weighted by molar-refractivity contribution is 5.95. The molecule has 4 aliphatic rings. The van der Waals surface area contributed by atoms with E-state index < -0.39 is 16.0 Å². The molecule has 1 unspecified atom stereocenters. The van der Waals surface area contributed by atoms with Crippen LogP contribution in [0.1, 0.15) is 60.6 Å². The van der Waals surface area contributed by atoms with Gasteiger partial charge in [0.05, 0.1) is 22.5 Å². The van der Waals surface area contributed by atoms with E-state index in [1.807, 2.05) is 4.90 Å². The van der Waals surface area contributed by atoms with Crippen LogP contribution in [0, 0.1) is 38.0 Å². The number of non-ortho nitro benzene ring substituents is 2. The number of nitro groups is 2. The molecule has 2 aromatic carbocycles. The lowest BCUT2D eigenvalue weighted by Gasteiger charge is -2.60. The molecule has 0 saturated heterocycles. The maximum Gasteiger partial charge on any atom is 0.269 e. The molecule has 0 radical (unpaired) electrons. The summed E-state index contributed by atoms with van der Waals surface area (Å²) in [7, 11) is 0. The maximum atomic E-state index is 13.8. The molecule has 4 saturated carbocycles. The number of nitro benzene ring substituents is 2. The third-order valence-electron chi connectivity index (χ3n) is 7.99. The molecule has 0 spiro atoms. The number of nitrogens with zero attached hydrogens (tertiary/aromatic N) is 3. The average molecular weight is 466 g/mol. The van der Waals surface area contributed by atoms with Gasteiger partial charge in [0.25, 0.3) is 17.3 Å². The van der Waals surface area contributed by atoms with Crippen molar-refractivity contribution in [2.75, 3.05) is 6.54 Å². The molecule has 9 nitrogen and oxygen atoms in total. The summed E-state index contributed by atoms with van der Waals surface area (Å²) in [5.74, 6) is 1.50. The van der Waals surface area contributed by atoms with E-state index in [1.54, 1.807) is 0 Å². The summed E-state index contributed by atoms with van der Waals surface area (Å²) in [5, 5.41) is 33.1. The fourth-order valence-electron chi connectivity index (χ4n) is 6.87. The Morgan fingerprint density at radius 2 is 1.32 bits per heavy atom. The lowest BCUT2D eigenvalue weighted by atomic mass is 9.52. The van der Waals surface area contributed by atoms with Gasteiger partial charge in [-0.3, -0.25) is 25.0 Å². The van der Waals surface area contributed by atoms with E-state index in [-0.39, 0.29) is 29.4 Å². The molecule has 2 aromatic rings. The van der Waals surface area contributed by atoms with E-state index in [9.17, 15) is 30.1 Å². The summed E-state index contributed by atoms with van der Waals surface area (Å²) < 4.78 is 0. The number of carbonyl (C=O) groups is 1. The summed E-state index contributed by atoms with van der Waals surface area (Å²) in [5.41, 5.74) is 0.392. The Balaban J connectivity index is 1.46. The van der Waals surface area contributed by atoms with Crippen molar-refractivity contribution in [3.8, 4) is 0 Å². The van der Waals surface area contributed by atoms with E-state index in [4.69, 9.17) is 0 Å². The lowest BCUT2D eigenvalue weighted by Crippen LogP contribution is -2.62. The molecule has 178 valence electrons. The summed E-state index contributed by atoms with van der Waals surface area (Å²) in [6, 6.07) is 11.4. The van der Waals surface area contributed by atoms with Crippen LogP contribution in [-0.2, 0) is 0 Å². The zero-order valence-electron chi connectivity index (χ0n) is 18.7. The second kappa shape index (κ2) is 8.47. The monoisotopic (exact) mass is 465 g/mol. The van der Waals surface area contributed by atoms with Crippen molar-refractivity contribution < 1.29 is 19.7 Å². The van der Waals surface area contributed by atoms with E-state index in [2.05, 4.69) is 0 Å². The second-order valence-electron chi connectivity index (χ2n) is 10.2. The highest BCUT2D eigenvalue weighted by Gasteiger charge is 2.55. The van der Waals surface area contributed by atoms with E-state index in [0.29, 0.717) is 28.9 Å². The number of benzene rings is 2. The predicted molar refractivity (Wildman–Crippen MR) is 123 cm³/mol. The fourth-order valence-corrected chi connectivity index (χ4v) is 6.87. The summed E-state index contributed by atoms with van der Waals surface area (Å²) in [6.45, 7) is 0.0692. The maximum absolute atomic E-state index is 13.8. The van der Waals surface area contributed by atoms with Gasteiger partial charge in [0.15, 0.2) is 0 Å². The van der Waals surface area contributed by atoms with Gasteiger partial charge in [0, 0.05) is 35.4 Å². The van der Waals surface area contributed by atoms with Crippen LogP contribution < -0.4 is 0 Å². The third kappa shape index (κ3) is 4.04. The first kappa shape index (κ1) is 22.5. The lowest BCUT2D eigenvalue weighted by molar-refractivity contribution is -0.385. The number of β-amino-alcohol motifs (C(OH)–C–C–N with tert-alkyl or cyclic N) is 1. The third-order valence-corrected chi connectivity index (χ3v) is 7.99. The van der Waals surface area contributed by atoms with Gasteiger partial charge in [-0.1, -0.05) is 0 Å². The van der Waals surface area contributed by atoms with Crippen molar-refractivity contribution in [3.05, 3.63) is 79.9 Å². The number of amides is 1. The molecule has 1 atom stereocenters. The number of hydrogen-bond acceptors (Lipinski definition) is 6. The SMILES string of the molecule is O=C(c1ccc([N+](=O)[O-])cc1)N(CC(O)c1ccc([N+](=O)[O-])cc1)C12CC3CC(CC(C3)C1)C2. The molecule has 9 heteroatoms. The Kier molecular flexibility index (Phi) is 5.59. The first-order chi connectivity index (χ1) is 16.2. The zero-order chi connectivity index (χ0) is 24.0. The van der Waals surface area contributed by atoms with Gasteiger partial charge in [0.2, 0.25) is 0 Å². The topological polar surface area (TPSA) is 127 Å². The number of rotatable bonds is 7. The molecule has 0 aromatic heterocycles. The summed E-state index contributed by atoms with van der Waals surface area (Å²) in [6.07, 6.45) is 5.31. The minimum Gasteiger partial charge on any atom is -0.387 e. The van der Waals surface area contributed by atoms with Crippen molar-refractivity contribution in [2.45, 2.75) is 50.2 Å². The van der Waals surface area contributed by atoms with E-state index in [0.717, 1.165) is 19.3 Å². The Labute approximate surface area is 196 Å². The Hall–Kier alpha value is -3.33. The molecule has 1 N–H and O–H groups in total. The van der Waals surface area contributed by atoms with E-state index in [1.165, 1.54) is 67.8 Å². The minimum absolute atomic E-state index is 0.0594. The quantitative estimate of drug-likeness (QED) is 0.468. The smallest absolute Gasteiger partial charge is 0.269 e. The molecule has 4 aliphatic carbocycles. The van der Waals surface area contributed by atoms with E-state index >= 15 is 0 Å². The summed E-state index contributed by atoms with van der Waals surface area (Å²) in [4.78, 5) is 36.7. The van der Waals surface area contributed by atoms with Crippen LogP contribution in [0.3, 0.4) is 0 Å². The molecule has 4 fully saturated rings. The molecule has 0 aliphatic heterocycles. The minimum atomic E-state index is -1.00. The zero-order valence-corrected chi connectivity index (χ0v) is 18.7. The Morgan fingerprint density at radius 1 is 0.882 bits per heavy atom. The van der Waals surface area contributed by atoms with Crippen LogP contribution in [-0.4, -0.2) is 37.8 Å². The van der Waals surface area contributed by atoms with Crippen LogP contribution in [0.5, 0.6) is 0 Å². The van der Waals surface area contributed by atoms with Gasteiger partial charge in [0.1, 0.15) is 0 Å². The van der Waals surface area contributed by atoms with Gasteiger partial charge in [-0.05, 0) is 86.1 Å². The molecular formula is C25H27N3O6. The van der Waals surface area contributed by atoms with Crippen LogP contribution in [0.25, 0.3) is 0 Å². The largest absolute Gasteiger partial charge is 0.387 e. The highest BCUT2D eigenvalue weighted by atomic mass is 16.6. The predicted octanol–water partition coefficient (Wildman–Crippen LogP) is 4.65. The van der Waals surface area contributed by atoms with Crippen LogP contribution in [0.15, 0.2) is 48.5 Å². The fraction of sp³-hybridized carbons (Fsp3) is 0.480. The van der Waals surface area contributed by atoms with Gasteiger partial charge in [-0.2, -0.15) is 0 Å². The number of aliphatic hydroxyl groups excluding tert-OH is 1. The Morgan fingerprint density at radius 3 is 1.76 bits per heavy atom. The number of hydrogen-bond donors (Lipinski definition) is 1. The molecule has 1 amide bonds. The van der Waals surface area contributed by atoms with Crippen molar-refractivity contribution in [2.24, 2.45) is 17.8 Å². The number of carbonyl (C=O) groups excluding carboxylic acids is 1. The second-order valence-corrected chi connectivity index (χ2v) is 10.2. The van der Waals surface area contributed by atoms with Gasteiger partial charge < -0.3 is 10.0 Å². The summed E-state index contributed by atoms with van der Waals surface area (Å²) >= 11 is 0. The molecule has 6 rings (SSSR count). The Bertz CT molecular complexity index is 1080. The van der Waals surface area contributed by atoms with Crippen molar-refractivity contribution in [1.82, 2.24) is 4.90 Å². The van der Waals surface area contributed by atoms with Crippen molar-refractivity contribution >= 4 is 17.3 Å². The normalized spacial score (nSPS) is 27.9. The first-order valence-corrected chi connectivity index (χ1v) is 11.7. The molecule has 34 heavy (non-hydrogen) atoms. The standard InChI is InChI=1S/C25H27N3O6/c29-23(19-1-5-21(6-2-19)27(31)32)15-26(24(30)20-3-7-22(8-4-20)28(33)34)25-12-16-9-17(13-25)11-18(10-16)14-25/h1-8,16-18,23,29H,9-15H2. The van der Waals surface area contributed by atoms with Gasteiger partial charge >= 0.3 is 0 Å². The van der Waals surface area contributed by atoms with Crippen molar-refractivity contribution in [1.29, 1.82) is 0 Å². The van der Waals surface area contributed by atoms with Crippen molar-refractivity contribution in [3.63, 3.8) is 0 Å². The molecule has 0 heterocycles. The highest BCUT2D eigenvalue weighted by Crippen LogP contribution is 2.58. The molecular weight excluding hydrogens is 438 g/mol. The van der Waals surface area contributed by atoms with Gasteiger partial charge in [-0.15, -0.1) is 0 Å². The van der Waals surface area contributed by atoms with Crippen LogP contribution >= 0.6 is 0 Å². The van der Waals surface area contributed by atoms with Gasteiger partial charge in [-0.25, -0.2) is 0 Å².